The van der Waals surface area contributed by atoms with Crippen LogP contribution in [0.3, 0.4) is 0 Å². The molecule has 0 aromatic carbocycles. The van der Waals surface area contributed by atoms with Gasteiger partial charge in [-0.1, -0.05) is 0 Å². The van der Waals surface area contributed by atoms with Crippen molar-refractivity contribution in [3.8, 4) is 0 Å². The van der Waals surface area contributed by atoms with Crippen molar-refractivity contribution in [3.63, 3.8) is 0 Å². The first kappa shape index (κ1) is 16.3. The molecule has 0 fully saturated rings. The molecule has 6 nitrogen and oxygen atoms in total. The number of aliphatic carboxylic acids is 1. The number of carbonyl (C=O) groups is 1. The number of sulfonamides is 1. The Bertz CT molecular complexity index is 313. The fourth-order valence-corrected chi connectivity index (χ4v) is 2.11. The van der Waals surface area contributed by atoms with Crippen LogP contribution < -0.4 is 4.72 Å². The molecule has 0 radical (unpaired) electrons. The average molecular weight is 267 g/mol. The lowest BCUT2D eigenvalue weighted by Gasteiger charge is -2.08. The Balaban J connectivity index is 3.56. The molecule has 102 valence electrons. The fraction of sp³-hybridized carbons (Fsp3) is 0.900. The standard InChI is InChI=1S/C10H21NO5S/c1-9(2)16-7-4-3-6-11-17(14,15)8-5-10(12)13/h9,11H,3-8H2,1-2H3,(H,12,13). The Morgan fingerprint density at radius 3 is 2.53 bits per heavy atom. The summed E-state index contributed by atoms with van der Waals surface area (Å²) in [5, 5.41) is 8.36. The smallest absolute Gasteiger partial charge is 0.304 e. The minimum absolute atomic E-state index is 0.183. The van der Waals surface area contributed by atoms with Crippen molar-refractivity contribution in [1.29, 1.82) is 0 Å². The van der Waals surface area contributed by atoms with E-state index in [4.69, 9.17) is 9.84 Å². The van der Waals surface area contributed by atoms with E-state index in [-0.39, 0.29) is 18.3 Å². The molecule has 0 aliphatic carbocycles. The first-order valence-electron chi connectivity index (χ1n) is 5.64. The van der Waals surface area contributed by atoms with Crippen molar-refractivity contribution in [2.24, 2.45) is 0 Å². The highest BCUT2D eigenvalue weighted by Crippen LogP contribution is 1.95. The second kappa shape index (κ2) is 8.43. The summed E-state index contributed by atoms with van der Waals surface area (Å²) in [5.74, 6) is -1.48. The normalized spacial score (nSPS) is 11.9. The number of rotatable bonds is 10. The summed E-state index contributed by atoms with van der Waals surface area (Å²) in [5.41, 5.74) is 0. The zero-order valence-electron chi connectivity index (χ0n) is 10.3. The molecule has 0 saturated heterocycles. The third kappa shape index (κ3) is 11.6. The van der Waals surface area contributed by atoms with Crippen molar-refractivity contribution in [2.45, 2.75) is 39.2 Å². The van der Waals surface area contributed by atoms with Crippen LogP contribution in [0.2, 0.25) is 0 Å². The zero-order chi connectivity index (χ0) is 13.3. The van der Waals surface area contributed by atoms with Crippen LogP contribution in [0.25, 0.3) is 0 Å². The lowest BCUT2D eigenvalue weighted by molar-refractivity contribution is -0.136. The van der Waals surface area contributed by atoms with E-state index in [1.807, 2.05) is 13.8 Å². The minimum atomic E-state index is -3.45. The molecule has 0 saturated carbocycles. The molecule has 0 spiro atoms. The molecular formula is C10H21NO5S. The molecule has 0 unspecified atom stereocenters. The van der Waals surface area contributed by atoms with E-state index in [0.29, 0.717) is 19.6 Å². The summed E-state index contributed by atoms with van der Waals surface area (Å²) >= 11 is 0. The van der Waals surface area contributed by atoms with Gasteiger partial charge in [0.25, 0.3) is 0 Å². The van der Waals surface area contributed by atoms with Crippen LogP contribution in [0.4, 0.5) is 0 Å². The van der Waals surface area contributed by atoms with Gasteiger partial charge in [0.2, 0.25) is 10.0 Å². The molecule has 17 heavy (non-hydrogen) atoms. The Hall–Kier alpha value is -0.660. The van der Waals surface area contributed by atoms with Gasteiger partial charge >= 0.3 is 5.97 Å². The number of hydrogen-bond donors (Lipinski definition) is 2. The van der Waals surface area contributed by atoms with Crippen LogP contribution >= 0.6 is 0 Å². The zero-order valence-corrected chi connectivity index (χ0v) is 11.1. The molecule has 2 N–H and O–H groups in total. The quantitative estimate of drug-likeness (QED) is 0.565. The highest BCUT2D eigenvalue weighted by molar-refractivity contribution is 7.89. The summed E-state index contributed by atoms with van der Waals surface area (Å²) in [6.45, 7) is 4.81. The van der Waals surface area contributed by atoms with Gasteiger partial charge in [-0.25, -0.2) is 13.1 Å². The number of nitrogens with one attached hydrogen (secondary N) is 1. The largest absolute Gasteiger partial charge is 0.481 e. The van der Waals surface area contributed by atoms with E-state index >= 15 is 0 Å². The van der Waals surface area contributed by atoms with Crippen LogP contribution in [0.5, 0.6) is 0 Å². The third-order valence-electron chi connectivity index (χ3n) is 1.93. The predicted molar refractivity (Wildman–Crippen MR) is 64.4 cm³/mol. The van der Waals surface area contributed by atoms with E-state index in [1.165, 1.54) is 0 Å². The Kier molecular flexibility index (Phi) is 8.11. The lowest BCUT2D eigenvalue weighted by Crippen LogP contribution is -2.28. The number of carboxylic acids is 1. The van der Waals surface area contributed by atoms with Gasteiger partial charge in [-0.3, -0.25) is 4.79 Å². The predicted octanol–water partition coefficient (Wildman–Crippen LogP) is 0.586. The van der Waals surface area contributed by atoms with Gasteiger partial charge in [0.05, 0.1) is 18.3 Å². The van der Waals surface area contributed by atoms with Crippen molar-refractivity contribution < 1.29 is 23.1 Å². The molecule has 0 heterocycles. The van der Waals surface area contributed by atoms with Gasteiger partial charge in [0.15, 0.2) is 0 Å². The van der Waals surface area contributed by atoms with Crippen LogP contribution in [0, 0.1) is 0 Å². The van der Waals surface area contributed by atoms with E-state index in [2.05, 4.69) is 4.72 Å². The van der Waals surface area contributed by atoms with Crippen molar-refractivity contribution in [2.75, 3.05) is 18.9 Å². The topological polar surface area (TPSA) is 92.7 Å². The lowest BCUT2D eigenvalue weighted by atomic mass is 10.3. The summed E-state index contributed by atoms with van der Waals surface area (Å²) < 4.78 is 30.2. The van der Waals surface area contributed by atoms with Crippen LogP contribution in [-0.2, 0) is 19.6 Å². The molecule has 0 bridgehead atoms. The molecule has 0 aliphatic heterocycles. The molecular weight excluding hydrogens is 246 g/mol. The molecule has 0 aromatic heterocycles. The van der Waals surface area contributed by atoms with Crippen LogP contribution in [-0.4, -0.2) is 44.5 Å². The molecule has 0 rings (SSSR count). The number of unbranched alkanes of at least 4 members (excludes halogenated alkanes) is 1. The van der Waals surface area contributed by atoms with Gasteiger partial charge in [-0.05, 0) is 26.7 Å². The fourth-order valence-electron chi connectivity index (χ4n) is 1.07. The first-order chi connectivity index (χ1) is 7.83. The molecule has 0 amide bonds. The van der Waals surface area contributed by atoms with E-state index < -0.39 is 16.0 Å². The van der Waals surface area contributed by atoms with Crippen molar-refractivity contribution >= 4 is 16.0 Å². The number of ether oxygens (including phenoxy) is 1. The van der Waals surface area contributed by atoms with Crippen LogP contribution in [0.1, 0.15) is 33.1 Å². The summed E-state index contributed by atoms with van der Waals surface area (Å²) in [4.78, 5) is 10.2. The Morgan fingerprint density at radius 2 is 2.00 bits per heavy atom. The minimum Gasteiger partial charge on any atom is -0.481 e. The number of carboxylic acid groups (broad SMARTS) is 1. The molecule has 0 atom stereocenters. The average Bonchev–Trinajstić information content (AvgIpc) is 2.20. The third-order valence-corrected chi connectivity index (χ3v) is 3.31. The maximum absolute atomic E-state index is 11.3. The Labute approximate surface area is 102 Å². The van der Waals surface area contributed by atoms with Gasteiger partial charge in [0, 0.05) is 13.2 Å². The van der Waals surface area contributed by atoms with Crippen molar-refractivity contribution in [3.05, 3.63) is 0 Å². The van der Waals surface area contributed by atoms with Gasteiger partial charge in [-0.2, -0.15) is 0 Å². The SMILES string of the molecule is CC(C)OCCCCNS(=O)(=O)CCC(=O)O. The second-order valence-corrected chi connectivity index (χ2v) is 5.91. The molecule has 0 aromatic rings. The summed E-state index contributed by atoms with van der Waals surface area (Å²) in [7, 11) is -3.45. The Morgan fingerprint density at radius 1 is 1.35 bits per heavy atom. The maximum atomic E-state index is 11.3. The van der Waals surface area contributed by atoms with Crippen molar-refractivity contribution in [1.82, 2.24) is 4.72 Å². The maximum Gasteiger partial charge on any atom is 0.304 e. The highest BCUT2D eigenvalue weighted by Gasteiger charge is 2.11. The van der Waals surface area contributed by atoms with Gasteiger partial charge < -0.3 is 9.84 Å². The van der Waals surface area contributed by atoms with Crippen LogP contribution in [0.15, 0.2) is 0 Å². The van der Waals surface area contributed by atoms with Gasteiger partial charge in [0.1, 0.15) is 0 Å². The summed E-state index contributed by atoms with van der Waals surface area (Å²) in [6.07, 6.45) is 1.27. The molecule has 7 heteroatoms. The second-order valence-electron chi connectivity index (χ2n) is 3.98. The monoisotopic (exact) mass is 267 g/mol. The van der Waals surface area contributed by atoms with E-state index in [9.17, 15) is 13.2 Å². The highest BCUT2D eigenvalue weighted by atomic mass is 32.2. The summed E-state index contributed by atoms with van der Waals surface area (Å²) in [6, 6.07) is 0. The van der Waals surface area contributed by atoms with E-state index in [1.54, 1.807) is 0 Å². The van der Waals surface area contributed by atoms with E-state index in [0.717, 1.165) is 6.42 Å². The van der Waals surface area contributed by atoms with Gasteiger partial charge in [-0.15, -0.1) is 0 Å². The number of hydrogen-bond acceptors (Lipinski definition) is 4. The first-order valence-corrected chi connectivity index (χ1v) is 7.29. The molecule has 0 aliphatic rings.